The van der Waals surface area contributed by atoms with Gasteiger partial charge >= 0.3 is 0 Å². The third-order valence-electron chi connectivity index (χ3n) is 5.64. The molecule has 2 aliphatic heterocycles. The number of nitrogens with zero attached hydrogens (tertiary/aromatic N) is 4. The van der Waals surface area contributed by atoms with Crippen LogP contribution >= 0.6 is 0 Å². The largest absolute Gasteiger partial charge is 0.476 e. The third kappa shape index (κ3) is 6.98. The van der Waals surface area contributed by atoms with E-state index in [1.807, 2.05) is 12.1 Å². The molecule has 1 amide bonds. The Morgan fingerprint density at radius 3 is 2.61 bits per heavy atom. The number of carbonyl (C=O) groups excluding carboxylic acids is 1. The number of aromatic nitrogens is 1. The molecule has 3 heterocycles. The SMILES string of the molecule is NC(=O)c1cccc(C=NCc2cc(N3CCOCC3)cc(OCCN3CCOCC3)n2)c1. The Kier molecular flexibility index (Phi) is 8.24. The predicted molar refractivity (Wildman–Crippen MR) is 126 cm³/mol. The maximum Gasteiger partial charge on any atom is 0.248 e. The number of amides is 1. The molecule has 176 valence electrons. The van der Waals surface area contributed by atoms with E-state index >= 15 is 0 Å². The lowest BCUT2D eigenvalue weighted by Gasteiger charge is -2.29. The summed E-state index contributed by atoms with van der Waals surface area (Å²) in [5.74, 6) is 0.150. The lowest BCUT2D eigenvalue weighted by molar-refractivity contribution is 0.0320. The zero-order valence-corrected chi connectivity index (χ0v) is 18.8. The third-order valence-corrected chi connectivity index (χ3v) is 5.64. The van der Waals surface area contributed by atoms with E-state index in [-0.39, 0.29) is 0 Å². The number of carbonyl (C=O) groups is 1. The zero-order chi connectivity index (χ0) is 22.9. The molecule has 0 atom stereocenters. The summed E-state index contributed by atoms with van der Waals surface area (Å²) in [6.07, 6.45) is 1.73. The molecule has 0 saturated carbocycles. The fourth-order valence-electron chi connectivity index (χ4n) is 3.82. The average molecular weight is 454 g/mol. The van der Waals surface area contributed by atoms with Crippen LogP contribution in [0.15, 0.2) is 41.4 Å². The zero-order valence-electron chi connectivity index (χ0n) is 18.8. The molecule has 2 saturated heterocycles. The van der Waals surface area contributed by atoms with E-state index < -0.39 is 5.91 Å². The maximum atomic E-state index is 11.4. The van der Waals surface area contributed by atoms with E-state index in [1.165, 1.54) is 0 Å². The average Bonchev–Trinajstić information content (AvgIpc) is 2.85. The fourth-order valence-corrected chi connectivity index (χ4v) is 3.82. The number of benzene rings is 1. The van der Waals surface area contributed by atoms with Crippen molar-refractivity contribution in [2.45, 2.75) is 6.54 Å². The Hall–Kier alpha value is -3.01. The van der Waals surface area contributed by atoms with Gasteiger partial charge in [-0.1, -0.05) is 12.1 Å². The van der Waals surface area contributed by atoms with Gasteiger partial charge in [0.1, 0.15) is 6.61 Å². The van der Waals surface area contributed by atoms with Crippen molar-refractivity contribution in [1.29, 1.82) is 0 Å². The van der Waals surface area contributed by atoms with E-state index in [0.717, 1.165) is 62.9 Å². The van der Waals surface area contributed by atoms with Crippen LogP contribution in [0.3, 0.4) is 0 Å². The van der Waals surface area contributed by atoms with Gasteiger partial charge in [-0.3, -0.25) is 14.7 Å². The summed E-state index contributed by atoms with van der Waals surface area (Å²) in [6.45, 7) is 8.31. The van der Waals surface area contributed by atoms with E-state index in [0.29, 0.717) is 37.8 Å². The number of anilines is 1. The Bertz CT molecular complexity index is 956. The van der Waals surface area contributed by atoms with E-state index in [9.17, 15) is 4.79 Å². The summed E-state index contributed by atoms with van der Waals surface area (Å²) >= 11 is 0. The van der Waals surface area contributed by atoms with Crippen LogP contribution in [0, 0.1) is 0 Å². The molecule has 0 unspecified atom stereocenters. The summed E-state index contributed by atoms with van der Waals surface area (Å²) in [6, 6.07) is 11.1. The highest BCUT2D eigenvalue weighted by atomic mass is 16.5. The van der Waals surface area contributed by atoms with Crippen LogP contribution in [0.1, 0.15) is 21.6 Å². The Labute approximate surface area is 194 Å². The number of nitrogens with two attached hydrogens (primary N) is 1. The summed E-state index contributed by atoms with van der Waals surface area (Å²) < 4.78 is 16.9. The van der Waals surface area contributed by atoms with Crippen LogP contribution in [-0.4, -0.2) is 87.8 Å². The van der Waals surface area contributed by atoms with Crippen molar-refractivity contribution in [2.75, 3.05) is 70.7 Å². The van der Waals surface area contributed by atoms with Gasteiger partial charge in [0.05, 0.1) is 38.7 Å². The second-order valence-corrected chi connectivity index (χ2v) is 8.02. The van der Waals surface area contributed by atoms with Gasteiger partial charge in [-0.25, -0.2) is 4.98 Å². The molecule has 2 aromatic rings. The molecule has 1 aromatic heterocycles. The highest BCUT2D eigenvalue weighted by Crippen LogP contribution is 2.23. The summed E-state index contributed by atoms with van der Waals surface area (Å²) in [7, 11) is 0. The van der Waals surface area contributed by atoms with Crippen molar-refractivity contribution >= 4 is 17.8 Å². The number of rotatable bonds is 9. The number of hydrogen-bond donors (Lipinski definition) is 1. The number of pyridine rings is 1. The van der Waals surface area contributed by atoms with Gasteiger partial charge in [-0.05, 0) is 23.8 Å². The van der Waals surface area contributed by atoms with Crippen molar-refractivity contribution in [3.8, 4) is 5.88 Å². The van der Waals surface area contributed by atoms with E-state index in [4.69, 9.17) is 19.9 Å². The van der Waals surface area contributed by atoms with Gasteiger partial charge in [0.2, 0.25) is 11.8 Å². The molecule has 0 bridgehead atoms. The van der Waals surface area contributed by atoms with Crippen LogP contribution in [0.5, 0.6) is 5.88 Å². The van der Waals surface area contributed by atoms with Crippen LogP contribution in [0.2, 0.25) is 0 Å². The van der Waals surface area contributed by atoms with E-state index in [1.54, 1.807) is 24.4 Å². The first-order valence-corrected chi connectivity index (χ1v) is 11.3. The minimum Gasteiger partial charge on any atom is -0.476 e. The van der Waals surface area contributed by atoms with Crippen molar-refractivity contribution in [2.24, 2.45) is 10.7 Å². The normalized spacial score (nSPS) is 17.4. The van der Waals surface area contributed by atoms with Gasteiger partial charge in [0, 0.05) is 56.3 Å². The summed E-state index contributed by atoms with van der Waals surface area (Å²) in [5.41, 5.74) is 8.53. The van der Waals surface area contributed by atoms with Crippen molar-refractivity contribution in [1.82, 2.24) is 9.88 Å². The van der Waals surface area contributed by atoms with E-state index in [2.05, 4.69) is 25.8 Å². The van der Waals surface area contributed by atoms with Crippen LogP contribution in [-0.2, 0) is 16.0 Å². The van der Waals surface area contributed by atoms with Crippen molar-refractivity contribution < 1.29 is 19.0 Å². The first-order valence-electron chi connectivity index (χ1n) is 11.3. The second-order valence-electron chi connectivity index (χ2n) is 8.02. The lowest BCUT2D eigenvalue weighted by Crippen LogP contribution is -2.38. The molecule has 0 radical (unpaired) electrons. The number of ether oxygens (including phenoxy) is 3. The highest BCUT2D eigenvalue weighted by molar-refractivity contribution is 5.94. The van der Waals surface area contributed by atoms with Gasteiger partial charge in [0.25, 0.3) is 0 Å². The molecule has 1 aromatic carbocycles. The number of hydrogen-bond acceptors (Lipinski definition) is 8. The Morgan fingerprint density at radius 1 is 1.09 bits per heavy atom. The summed E-state index contributed by atoms with van der Waals surface area (Å²) in [4.78, 5) is 25.2. The molecule has 0 aliphatic carbocycles. The van der Waals surface area contributed by atoms with Crippen molar-refractivity contribution in [3.63, 3.8) is 0 Å². The van der Waals surface area contributed by atoms with Crippen LogP contribution in [0.25, 0.3) is 0 Å². The number of primary amides is 1. The van der Waals surface area contributed by atoms with Crippen LogP contribution < -0.4 is 15.4 Å². The highest BCUT2D eigenvalue weighted by Gasteiger charge is 2.15. The molecule has 0 spiro atoms. The maximum absolute atomic E-state index is 11.4. The molecule has 2 N–H and O–H groups in total. The Morgan fingerprint density at radius 2 is 1.85 bits per heavy atom. The van der Waals surface area contributed by atoms with Gasteiger partial charge < -0.3 is 24.8 Å². The number of aliphatic imine (C=N–C) groups is 1. The van der Waals surface area contributed by atoms with Gasteiger partial charge in [-0.2, -0.15) is 0 Å². The number of morpholine rings is 2. The molecule has 33 heavy (non-hydrogen) atoms. The molecule has 9 nitrogen and oxygen atoms in total. The lowest BCUT2D eigenvalue weighted by atomic mass is 10.1. The minimum absolute atomic E-state index is 0.402. The van der Waals surface area contributed by atoms with Crippen molar-refractivity contribution in [3.05, 3.63) is 53.2 Å². The quantitative estimate of drug-likeness (QED) is 0.572. The minimum atomic E-state index is -0.455. The smallest absolute Gasteiger partial charge is 0.248 e. The topological polar surface area (TPSA) is 103 Å². The molecule has 4 rings (SSSR count). The molecule has 2 fully saturated rings. The molecular formula is C24H31N5O4. The summed E-state index contributed by atoms with van der Waals surface area (Å²) in [5, 5.41) is 0. The first kappa shape index (κ1) is 23.2. The van der Waals surface area contributed by atoms with Gasteiger partial charge in [-0.15, -0.1) is 0 Å². The molecule has 9 heteroatoms. The fraction of sp³-hybridized carbons (Fsp3) is 0.458. The monoisotopic (exact) mass is 453 g/mol. The molecular weight excluding hydrogens is 422 g/mol. The Balaban J connectivity index is 1.43. The second kappa shape index (κ2) is 11.7. The predicted octanol–water partition coefficient (Wildman–Crippen LogP) is 1.35. The van der Waals surface area contributed by atoms with Crippen LogP contribution in [0.4, 0.5) is 5.69 Å². The molecule has 2 aliphatic rings. The standard InChI is InChI=1S/C24H31N5O4/c25-24(30)20-3-1-2-19(14-20)17-26-18-21-15-22(29-7-11-32-12-8-29)16-23(27-21)33-13-6-28-4-9-31-10-5-28/h1-3,14-17H,4-13,18H2,(H2,25,30). The van der Waals surface area contributed by atoms with Gasteiger partial charge in [0.15, 0.2) is 0 Å². The first-order chi connectivity index (χ1) is 16.2.